The Morgan fingerprint density at radius 1 is 1.11 bits per heavy atom. The van der Waals surface area contributed by atoms with Crippen molar-refractivity contribution in [1.29, 1.82) is 5.26 Å². The molecule has 172 valence electrons. The van der Waals surface area contributed by atoms with Crippen LogP contribution in [0.15, 0.2) is 65.3 Å². The lowest BCUT2D eigenvalue weighted by atomic mass is 10.0. The molecule has 1 aromatic heterocycles. The average molecular weight is 527 g/mol. The second-order valence-corrected chi connectivity index (χ2v) is 9.80. The molecule has 0 aliphatic carbocycles. The summed E-state index contributed by atoms with van der Waals surface area (Å²) >= 11 is 3.44. The monoisotopic (exact) mass is 526 g/mol. The topological polar surface area (TPSA) is 86.5 Å². The van der Waals surface area contributed by atoms with Crippen LogP contribution in [0, 0.1) is 11.3 Å². The van der Waals surface area contributed by atoms with Crippen molar-refractivity contribution in [3.63, 3.8) is 0 Å². The van der Waals surface area contributed by atoms with Crippen LogP contribution in [0.3, 0.4) is 0 Å². The van der Waals surface area contributed by atoms with Crippen LogP contribution >= 0.6 is 15.9 Å². The summed E-state index contributed by atoms with van der Waals surface area (Å²) in [6.07, 6.45) is 4.28. The van der Waals surface area contributed by atoms with Crippen molar-refractivity contribution in [1.82, 2.24) is 9.88 Å². The number of fused-ring (bicyclic) bond motifs is 3. The van der Waals surface area contributed by atoms with Gasteiger partial charge in [0.25, 0.3) is 5.91 Å². The van der Waals surface area contributed by atoms with E-state index in [1.54, 1.807) is 24.4 Å². The highest BCUT2D eigenvalue weighted by Gasteiger charge is 2.45. The number of rotatable bonds is 3. The standard InChI is InChI=1S/C27H19BrN4O3/c28-19-5-6-22-23(10-19)24(35-27(22)34)9-16-2-1-3-18(8-16)26(33)32-15-20-11-21(32)14-31(20)25-7-4-17(12-29)13-30-25/h1-10,13,20-21H,11,14-15H2/b24-9-. The van der Waals surface area contributed by atoms with E-state index in [0.717, 1.165) is 34.4 Å². The Bertz CT molecular complexity index is 1440. The highest BCUT2D eigenvalue weighted by atomic mass is 79.9. The number of esters is 1. The van der Waals surface area contributed by atoms with Crippen LogP contribution in [0.25, 0.3) is 11.8 Å². The molecular formula is C27H19BrN4O3. The number of nitriles is 1. The number of likely N-dealkylation sites (tertiary alicyclic amines) is 1. The van der Waals surface area contributed by atoms with E-state index >= 15 is 0 Å². The van der Waals surface area contributed by atoms with Gasteiger partial charge in [-0.15, -0.1) is 0 Å². The molecule has 3 aliphatic rings. The zero-order valence-electron chi connectivity index (χ0n) is 18.5. The Labute approximate surface area is 210 Å². The van der Waals surface area contributed by atoms with Crippen LogP contribution in [0.1, 0.15) is 43.8 Å². The minimum Gasteiger partial charge on any atom is -0.422 e. The van der Waals surface area contributed by atoms with Crippen LogP contribution in [0.4, 0.5) is 5.82 Å². The molecule has 8 heteroatoms. The number of ether oxygens (including phenoxy) is 1. The van der Waals surface area contributed by atoms with Gasteiger partial charge in [-0.05, 0) is 60.5 Å². The largest absolute Gasteiger partial charge is 0.422 e. The van der Waals surface area contributed by atoms with E-state index in [1.807, 2.05) is 47.4 Å². The van der Waals surface area contributed by atoms with E-state index in [-0.39, 0.29) is 24.0 Å². The summed E-state index contributed by atoms with van der Waals surface area (Å²) in [6.45, 7) is 1.36. The van der Waals surface area contributed by atoms with Crippen molar-refractivity contribution in [3.8, 4) is 6.07 Å². The molecule has 4 heterocycles. The number of carbonyl (C=O) groups is 2. The zero-order chi connectivity index (χ0) is 24.1. The third-order valence-corrected chi connectivity index (χ3v) is 7.27. The molecule has 0 radical (unpaired) electrons. The molecule has 2 bridgehead atoms. The first-order chi connectivity index (χ1) is 17.0. The summed E-state index contributed by atoms with van der Waals surface area (Å²) < 4.78 is 6.34. The van der Waals surface area contributed by atoms with Gasteiger partial charge in [0, 0.05) is 34.9 Å². The van der Waals surface area contributed by atoms with E-state index in [2.05, 4.69) is 31.9 Å². The highest BCUT2D eigenvalue weighted by molar-refractivity contribution is 9.10. The van der Waals surface area contributed by atoms with E-state index in [0.29, 0.717) is 29.0 Å². The predicted molar refractivity (Wildman–Crippen MR) is 133 cm³/mol. The Balaban J connectivity index is 1.20. The maximum atomic E-state index is 13.4. The molecule has 0 spiro atoms. The molecule has 2 fully saturated rings. The first-order valence-electron chi connectivity index (χ1n) is 11.3. The minimum atomic E-state index is -0.375. The molecule has 1 amide bonds. The maximum absolute atomic E-state index is 13.4. The number of benzene rings is 2. The average Bonchev–Trinajstić information content (AvgIpc) is 3.57. The van der Waals surface area contributed by atoms with E-state index in [9.17, 15) is 9.59 Å². The second-order valence-electron chi connectivity index (χ2n) is 8.88. The summed E-state index contributed by atoms with van der Waals surface area (Å²) in [6, 6.07) is 18.9. The fourth-order valence-electron chi connectivity index (χ4n) is 5.11. The fourth-order valence-corrected chi connectivity index (χ4v) is 5.47. The van der Waals surface area contributed by atoms with Crippen molar-refractivity contribution in [2.45, 2.75) is 18.5 Å². The lowest BCUT2D eigenvalue weighted by Crippen LogP contribution is -2.49. The molecular weight excluding hydrogens is 508 g/mol. The van der Waals surface area contributed by atoms with Crippen LogP contribution < -0.4 is 4.90 Å². The fraction of sp³-hybridized carbons (Fsp3) is 0.185. The van der Waals surface area contributed by atoms with Crippen molar-refractivity contribution >= 4 is 45.5 Å². The third kappa shape index (κ3) is 3.78. The maximum Gasteiger partial charge on any atom is 0.344 e. The molecule has 0 saturated carbocycles. The van der Waals surface area contributed by atoms with E-state index < -0.39 is 0 Å². The van der Waals surface area contributed by atoms with Crippen molar-refractivity contribution in [3.05, 3.63) is 93.1 Å². The number of nitrogens with zero attached hydrogens (tertiary/aromatic N) is 4. The first kappa shape index (κ1) is 21.6. The number of anilines is 1. The van der Waals surface area contributed by atoms with Gasteiger partial charge >= 0.3 is 5.97 Å². The lowest BCUT2D eigenvalue weighted by molar-refractivity contribution is 0.0711. The van der Waals surface area contributed by atoms with Crippen LogP contribution in [0.2, 0.25) is 0 Å². The molecule has 2 aromatic carbocycles. The molecule has 2 unspecified atom stereocenters. The Morgan fingerprint density at radius 2 is 2.00 bits per heavy atom. The second kappa shape index (κ2) is 8.36. The number of amides is 1. The van der Waals surface area contributed by atoms with Crippen LogP contribution in [-0.2, 0) is 4.74 Å². The van der Waals surface area contributed by atoms with Crippen molar-refractivity contribution < 1.29 is 14.3 Å². The van der Waals surface area contributed by atoms with E-state index in [4.69, 9.17) is 10.00 Å². The summed E-state index contributed by atoms with van der Waals surface area (Å²) in [4.78, 5) is 34.2. The van der Waals surface area contributed by atoms with E-state index in [1.165, 1.54) is 0 Å². The Hall–Kier alpha value is -3.96. The molecule has 35 heavy (non-hydrogen) atoms. The van der Waals surface area contributed by atoms with Gasteiger partial charge in [0.15, 0.2) is 0 Å². The number of cyclic esters (lactones) is 1. The van der Waals surface area contributed by atoms with Gasteiger partial charge in [0.2, 0.25) is 0 Å². The quantitative estimate of drug-likeness (QED) is 0.467. The van der Waals surface area contributed by atoms with Gasteiger partial charge < -0.3 is 14.5 Å². The van der Waals surface area contributed by atoms with Gasteiger partial charge in [-0.1, -0.05) is 28.1 Å². The molecule has 6 rings (SSSR count). The number of halogens is 1. The number of aromatic nitrogens is 1. The third-order valence-electron chi connectivity index (χ3n) is 6.77. The van der Waals surface area contributed by atoms with Crippen LogP contribution in [0.5, 0.6) is 0 Å². The van der Waals surface area contributed by atoms with Gasteiger partial charge in [0.05, 0.1) is 23.2 Å². The molecule has 2 atom stereocenters. The predicted octanol–water partition coefficient (Wildman–Crippen LogP) is 4.49. The Morgan fingerprint density at radius 3 is 2.74 bits per heavy atom. The van der Waals surface area contributed by atoms with Gasteiger partial charge in [-0.2, -0.15) is 5.26 Å². The summed E-state index contributed by atoms with van der Waals surface area (Å²) in [5, 5.41) is 8.99. The lowest BCUT2D eigenvalue weighted by Gasteiger charge is -2.35. The number of hydrogen-bond acceptors (Lipinski definition) is 6. The zero-order valence-corrected chi connectivity index (χ0v) is 20.1. The summed E-state index contributed by atoms with van der Waals surface area (Å²) in [5.74, 6) is 0.939. The van der Waals surface area contributed by atoms with Crippen molar-refractivity contribution in [2.75, 3.05) is 18.0 Å². The summed E-state index contributed by atoms with van der Waals surface area (Å²) in [7, 11) is 0. The number of hydrogen-bond donors (Lipinski definition) is 0. The number of pyridine rings is 1. The molecule has 3 aliphatic heterocycles. The number of carbonyl (C=O) groups excluding carboxylic acids is 2. The molecule has 0 N–H and O–H groups in total. The Kier molecular flexibility index (Phi) is 5.15. The molecule has 2 saturated heterocycles. The molecule has 7 nitrogen and oxygen atoms in total. The summed E-state index contributed by atoms with van der Waals surface area (Å²) in [5.41, 5.74) is 3.19. The highest BCUT2D eigenvalue weighted by Crippen LogP contribution is 2.36. The van der Waals surface area contributed by atoms with Gasteiger partial charge in [0.1, 0.15) is 17.6 Å². The van der Waals surface area contributed by atoms with Gasteiger partial charge in [-0.3, -0.25) is 4.79 Å². The smallest absolute Gasteiger partial charge is 0.344 e. The molecule has 3 aromatic rings. The minimum absolute atomic E-state index is 0.00301. The first-order valence-corrected chi connectivity index (χ1v) is 12.1. The van der Waals surface area contributed by atoms with Gasteiger partial charge in [-0.25, -0.2) is 9.78 Å². The van der Waals surface area contributed by atoms with Crippen molar-refractivity contribution in [2.24, 2.45) is 0 Å². The SMILES string of the molecule is N#Cc1ccc(N2CC3CC2CN3C(=O)c2cccc(/C=C3\OC(=O)c4ccc(Br)cc43)c2)nc1. The van der Waals surface area contributed by atoms with Crippen LogP contribution in [-0.4, -0.2) is 46.9 Å². The number of piperazine rings is 1. The normalized spacial score (nSPS) is 21.3.